The second-order valence-corrected chi connectivity index (χ2v) is 7.30. The highest BCUT2D eigenvalue weighted by Crippen LogP contribution is 2.31. The normalized spacial score (nSPS) is 11.5. The SMILES string of the molecule is Cc1ccc(Cl)cc1Nc1nc(C(F)(F)F)ccc1C(=O)N/N=C/c1ccc(Cl)cc1. The molecular formula is C21H15Cl2F3N4O. The number of hydrazone groups is 1. The molecule has 5 nitrogen and oxygen atoms in total. The molecule has 0 radical (unpaired) electrons. The first-order valence-electron chi connectivity index (χ1n) is 8.84. The van der Waals surface area contributed by atoms with Crippen LogP contribution >= 0.6 is 23.2 Å². The summed E-state index contributed by atoms with van der Waals surface area (Å²) in [4.78, 5) is 16.2. The minimum atomic E-state index is -4.68. The maximum absolute atomic E-state index is 13.2. The fraction of sp³-hybridized carbons (Fsp3) is 0.0952. The van der Waals surface area contributed by atoms with Crippen LogP contribution < -0.4 is 10.7 Å². The number of halogens is 5. The Labute approximate surface area is 185 Å². The zero-order chi connectivity index (χ0) is 22.6. The average Bonchev–Trinajstić information content (AvgIpc) is 2.71. The Morgan fingerprint density at radius 2 is 1.71 bits per heavy atom. The number of hydrogen-bond donors (Lipinski definition) is 2. The van der Waals surface area contributed by atoms with Crippen molar-refractivity contribution in [1.82, 2.24) is 10.4 Å². The van der Waals surface area contributed by atoms with Gasteiger partial charge in [-0.15, -0.1) is 0 Å². The van der Waals surface area contributed by atoms with Gasteiger partial charge in [-0.2, -0.15) is 18.3 Å². The first kappa shape index (κ1) is 22.6. The van der Waals surface area contributed by atoms with Crippen molar-refractivity contribution in [2.24, 2.45) is 5.10 Å². The number of alkyl halides is 3. The molecule has 0 bridgehead atoms. The quantitative estimate of drug-likeness (QED) is 0.346. The molecule has 0 saturated carbocycles. The minimum Gasteiger partial charge on any atom is -0.339 e. The van der Waals surface area contributed by atoms with Gasteiger partial charge in [0.1, 0.15) is 11.5 Å². The number of anilines is 2. The first-order chi connectivity index (χ1) is 14.6. The summed E-state index contributed by atoms with van der Waals surface area (Å²) in [7, 11) is 0. The molecule has 0 fully saturated rings. The first-order valence-corrected chi connectivity index (χ1v) is 9.59. The molecule has 31 heavy (non-hydrogen) atoms. The number of aromatic nitrogens is 1. The van der Waals surface area contributed by atoms with E-state index >= 15 is 0 Å². The maximum Gasteiger partial charge on any atom is 0.433 e. The number of pyridine rings is 1. The highest BCUT2D eigenvalue weighted by molar-refractivity contribution is 6.31. The molecule has 10 heteroatoms. The van der Waals surface area contributed by atoms with Crippen LogP contribution in [0.5, 0.6) is 0 Å². The summed E-state index contributed by atoms with van der Waals surface area (Å²) in [5.41, 5.74) is 2.80. The minimum absolute atomic E-state index is 0.124. The Morgan fingerprint density at radius 1 is 1.03 bits per heavy atom. The Morgan fingerprint density at radius 3 is 2.39 bits per heavy atom. The van der Waals surface area contributed by atoms with Crippen molar-refractivity contribution in [2.45, 2.75) is 13.1 Å². The number of nitrogens with zero attached hydrogens (tertiary/aromatic N) is 2. The molecule has 1 aromatic heterocycles. The van der Waals surface area contributed by atoms with E-state index in [4.69, 9.17) is 23.2 Å². The lowest BCUT2D eigenvalue weighted by Crippen LogP contribution is -2.21. The topological polar surface area (TPSA) is 66.4 Å². The van der Waals surface area contributed by atoms with Gasteiger partial charge in [0.2, 0.25) is 0 Å². The van der Waals surface area contributed by atoms with Crippen molar-refractivity contribution in [3.63, 3.8) is 0 Å². The summed E-state index contributed by atoms with van der Waals surface area (Å²) in [5.74, 6) is -1.02. The van der Waals surface area contributed by atoms with Crippen LogP contribution in [0.1, 0.15) is 27.2 Å². The number of carbonyl (C=O) groups is 1. The highest BCUT2D eigenvalue weighted by atomic mass is 35.5. The summed E-state index contributed by atoms with van der Waals surface area (Å²) in [6.45, 7) is 1.74. The molecule has 0 saturated heterocycles. The van der Waals surface area contributed by atoms with Crippen LogP contribution in [-0.4, -0.2) is 17.1 Å². The molecule has 0 aliphatic rings. The largest absolute Gasteiger partial charge is 0.433 e. The lowest BCUT2D eigenvalue weighted by molar-refractivity contribution is -0.141. The number of amides is 1. The van der Waals surface area contributed by atoms with E-state index in [0.29, 0.717) is 26.9 Å². The van der Waals surface area contributed by atoms with E-state index in [2.05, 4.69) is 20.8 Å². The van der Waals surface area contributed by atoms with Gasteiger partial charge in [-0.05, 0) is 54.4 Å². The van der Waals surface area contributed by atoms with Crippen molar-refractivity contribution in [1.29, 1.82) is 0 Å². The molecule has 2 aromatic carbocycles. The Hall–Kier alpha value is -3.10. The molecule has 160 valence electrons. The number of hydrogen-bond acceptors (Lipinski definition) is 4. The fourth-order valence-corrected chi connectivity index (χ4v) is 2.82. The van der Waals surface area contributed by atoms with Crippen LogP contribution in [-0.2, 0) is 6.18 Å². The predicted octanol–water partition coefficient (Wildman–Crippen LogP) is 6.22. The summed E-state index contributed by atoms with van der Waals surface area (Å²) in [6, 6.07) is 13.3. The van der Waals surface area contributed by atoms with Crippen molar-refractivity contribution in [3.8, 4) is 0 Å². The summed E-state index contributed by atoms with van der Waals surface area (Å²) in [6.07, 6.45) is -3.30. The van der Waals surface area contributed by atoms with E-state index in [1.807, 2.05) is 0 Å². The van der Waals surface area contributed by atoms with Gasteiger partial charge in [0.05, 0.1) is 11.8 Å². The molecule has 3 aromatic rings. The second kappa shape index (κ2) is 9.36. The lowest BCUT2D eigenvalue weighted by atomic mass is 10.1. The number of aryl methyl sites for hydroxylation is 1. The molecule has 1 amide bonds. The molecule has 3 rings (SSSR count). The molecular weight excluding hydrogens is 452 g/mol. The van der Waals surface area contributed by atoms with Crippen LogP contribution in [0.25, 0.3) is 0 Å². The number of benzene rings is 2. The molecule has 1 heterocycles. The third-order valence-corrected chi connectivity index (χ3v) is 4.62. The molecule has 0 unspecified atom stereocenters. The molecule has 0 aliphatic heterocycles. The van der Waals surface area contributed by atoms with E-state index in [9.17, 15) is 18.0 Å². The Bertz CT molecular complexity index is 1130. The van der Waals surface area contributed by atoms with Crippen molar-refractivity contribution >= 4 is 46.8 Å². The standard InChI is InChI=1S/C21H15Cl2F3N4O/c1-12-2-5-15(23)10-17(12)28-19-16(8-9-18(29-19)21(24,25)26)20(31)30-27-11-13-3-6-14(22)7-4-13/h2-11H,1H3,(H,28,29)(H,30,31)/b27-11+. The molecule has 2 N–H and O–H groups in total. The van der Waals surface area contributed by atoms with Crippen LogP contribution in [0.15, 0.2) is 59.7 Å². The zero-order valence-electron chi connectivity index (χ0n) is 16.0. The van der Waals surface area contributed by atoms with Gasteiger partial charge in [-0.1, -0.05) is 41.4 Å². The van der Waals surface area contributed by atoms with Gasteiger partial charge in [0, 0.05) is 15.7 Å². The fourth-order valence-electron chi connectivity index (χ4n) is 2.53. The Balaban J connectivity index is 1.89. The number of nitrogens with one attached hydrogen (secondary N) is 2. The molecule has 0 spiro atoms. The van der Waals surface area contributed by atoms with Gasteiger partial charge < -0.3 is 5.32 Å². The van der Waals surface area contributed by atoms with Gasteiger partial charge in [-0.25, -0.2) is 10.4 Å². The van der Waals surface area contributed by atoms with Crippen LogP contribution in [0, 0.1) is 6.92 Å². The molecule has 0 aliphatic carbocycles. The lowest BCUT2D eigenvalue weighted by Gasteiger charge is -2.15. The van der Waals surface area contributed by atoms with Crippen molar-refractivity contribution < 1.29 is 18.0 Å². The highest BCUT2D eigenvalue weighted by Gasteiger charge is 2.33. The van der Waals surface area contributed by atoms with Gasteiger partial charge in [-0.3, -0.25) is 4.79 Å². The average molecular weight is 467 g/mol. The third-order valence-electron chi connectivity index (χ3n) is 4.13. The zero-order valence-corrected chi connectivity index (χ0v) is 17.5. The van der Waals surface area contributed by atoms with Crippen molar-refractivity contribution in [3.05, 3.63) is 87.0 Å². The van der Waals surface area contributed by atoms with E-state index in [1.54, 1.807) is 43.3 Å². The van der Waals surface area contributed by atoms with Gasteiger partial charge >= 0.3 is 6.18 Å². The van der Waals surface area contributed by atoms with Crippen LogP contribution in [0.3, 0.4) is 0 Å². The summed E-state index contributed by atoms with van der Waals surface area (Å²) < 4.78 is 39.5. The van der Waals surface area contributed by atoms with E-state index in [1.165, 1.54) is 12.3 Å². The predicted molar refractivity (Wildman–Crippen MR) is 115 cm³/mol. The number of carbonyl (C=O) groups excluding carboxylic acids is 1. The Kier molecular flexibility index (Phi) is 6.82. The summed E-state index contributed by atoms with van der Waals surface area (Å²) in [5, 5.41) is 7.52. The van der Waals surface area contributed by atoms with E-state index in [-0.39, 0.29) is 11.4 Å². The van der Waals surface area contributed by atoms with Crippen LogP contribution in [0.4, 0.5) is 24.7 Å². The van der Waals surface area contributed by atoms with Crippen molar-refractivity contribution in [2.75, 3.05) is 5.32 Å². The van der Waals surface area contributed by atoms with Crippen LogP contribution in [0.2, 0.25) is 10.0 Å². The molecule has 0 atom stereocenters. The third kappa shape index (κ3) is 5.96. The van der Waals surface area contributed by atoms with Gasteiger partial charge in [0.25, 0.3) is 5.91 Å². The van der Waals surface area contributed by atoms with Gasteiger partial charge in [0.15, 0.2) is 0 Å². The summed E-state index contributed by atoms with van der Waals surface area (Å²) >= 11 is 11.8. The number of rotatable bonds is 5. The van der Waals surface area contributed by atoms with E-state index < -0.39 is 17.8 Å². The van der Waals surface area contributed by atoms with E-state index in [0.717, 1.165) is 12.1 Å². The second-order valence-electron chi connectivity index (χ2n) is 6.43. The smallest absolute Gasteiger partial charge is 0.339 e. The monoisotopic (exact) mass is 466 g/mol. The maximum atomic E-state index is 13.2.